The van der Waals surface area contributed by atoms with Crippen LogP contribution in [0.25, 0.3) is 11.3 Å². The quantitative estimate of drug-likeness (QED) is 0.156. The van der Waals surface area contributed by atoms with Gasteiger partial charge in [0.2, 0.25) is 0 Å². The Balaban J connectivity index is 0.00000363. The van der Waals surface area contributed by atoms with Gasteiger partial charge in [-0.05, 0) is 18.6 Å². The van der Waals surface area contributed by atoms with Crippen molar-refractivity contribution < 1.29 is 9.47 Å². The van der Waals surface area contributed by atoms with Crippen molar-refractivity contribution in [1.29, 1.82) is 0 Å². The smallest absolute Gasteiger partial charge is 0.191 e. The molecule has 0 bridgehead atoms. The summed E-state index contributed by atoms with van der Waals surface area (Å²) in [5.74, 6) is 1.62. The molecule has 2 aromatic carbocycles. The SMILES string of the molecule is CN=C(NCc1nc(-c2ccccc2)cs1)NCc1ccc(C)cc1OCCCOC.I. The molecule has 0 spiro atoms. The van der Waals surface area contributed by atoms with Gasteiger partial charge in [0, 0.05) is 50.2 Å². The Hall–Kier alpha value is -2.17. The zero-order chi connectivity index (χ0) is 21.9. The van der Waals surface area contributed by atoms with E-state index in [2.05, 4.69) is 58.3 Å². The van der Waals surface area contributed by atoms with Gasteiger partial charge in [0.15, 0.2) is 5.96 Å². The molecule has 0 fully saturated rings. The van der Waals surface area contributed by atoms with E-state index in [1.807, 2.05) is 18.2 Å². The van der Waals surface area contributed by atoms with Crippen molar-refractivity contribution in [2.75, 3.05) is 27.4 Å². The molecule has 0 radical (unpaired) electrons. The van der Waals surface area contributed by atoms with Crippen LogP contribution in [0.4, 0.5) is 0 Å². The Bertz CT molecular complexity index is 979. The standard InChI is InChI=1S/C24H30N4O2S.HI/c1-18-10-11-20(22(14-18)30-13-7-12-29-3)15-26-24(25-2)27-16-23-28-21(17-31-23)19-8-5-4-6-9-19;/h4-6,8-11,14,17H,7,12-13,15-16H2,1-3H3,(H2,25,26,27);1H. The highest BCUT2D eigenvalue weighted by Crippen LogP contribution is 2.22. The minimum Gasteiger partial charge on any atom is -0.493 e. The molecule has 1 aromatic heterocycles. The molecule has 6 nitrogen and oxygen atoms in total. The van der Waals surface area contributed by atoms with E-state index in [-0.39, 0.29) is 24.0 Å². The third-order valence-electron chi connectivity index (χ3n) is 4.67. The molecule has 0 aliphatic rings. The first-order valence-electron chi connectivity index (χ1n) is 10.3. The fourth-order valence-electron chi connectivity index (χ4n) is 3.02. The van der Waals surface area contributed by atoms with Crippen molar-refractivity contribution in [3.05, 3.63) is 70.0 Å². The number of ether oxygens (including phenoxy) is 2. The molecule has 172 valence electrons. The average molecular weight is 567 g/mol. The van der Waals surface area contributed by atoms with Gasteiger partial charge in [-0.3, -0.25) is 4.99 Å². The lowest BCUT2D eigenvalue weighted by Crippen LogP contribution is -2.36. The van der Waals surface area contributed by atoms with Crippen LogP contribution in [0.5, 0.6) is 5.75 Å². The first-order chi connectivity index (χ1) is 15.2. The summed E-state index contributed by atoms with van der Waals surface area (Å²) in [6, 6.07) is 16.5. The normalized spacial score (nSPS) is 11.0. The first-order valence-corrected chi connectivity index (χ1v) is 11.2. The number of halogens is 1. The van der Waals surface area contributed by atoms with E-state index in [0.29, 0.717) is 26.3 Å². The highest BCUT2D eigenvalue weighted by atomic mass is 127. The van der Waals surface area contributed by atoms with E-state index in [1.54, 1.807) is 25.5 Å². The molecule has 1 heterocycles. The van der Waals surface area contributed by atoms with Crippen LogP contribution in [-0.2, 0) is 17.8 Å². The lowest BCUT2D eigenvalue weighted by molar-refractivity contribution is 0.171. The molecule has 2 N–H and O–H groups in total. The van der Waals surface area contributed by atoms with Crippen molar-refractivity contribution in [2.45, 2.75) is 26.4 Å². The average Bonchev–Trinajstić information content (AvgIpc) is 3.27. The van der Waals surface area contributed by atoms with Crippen LogP contribution in [0, 0.1) is 6.92 Å². The van der Waals surface area contributed by atoms with Crippen molar-refractivity contribution in [3.8, 4) is 17.0 Å². The Kier molecular flexibility index (Phi) is 11.5. The van der Waals surface area contributed by atoms with Gasteiger partial charge in [0.1, 0.15) is 10.8 Å². The molecule has 0 atom stereocenters. The molecule has 3 rings (SSSR count). The predicted octanol–water partition coefficient (Wildman–Crippen LogP) is 5.02. The monoisotopic (exact) mass is 566 g/mol. The second-order valence-electron chi connectivity index (χ2n) is 7.08. The van der Waals surface area contributed by atoms with Gasteiger partial charge in [0.05, 0.1) is 18.8 Å². The maximum Gasteiger partial charge on any atom is 0.191 e. The largest absolute Gasteiger partial charge is 0.493 e. The van der Waals surface area contributed by atoms with E-state index >= 15 is 0 Å². The van der Waals surface area contributed by atoms with Crippen LogP contribution in [0.1, 0.15) is 22.6 Å². The van der Waals surface area contributed by atoms with Crippen LogP contribution in [0.15, 0.2) is 58.9 Å². The van der Waals surface area contributed by atoms with Crippen LogP contribution in [-0.4, -0.2) is 38.3 Å². The van der Waals surface area contributed by atoms with Gasteiger partial charge in [0.25, 0.3) is 0 Å². The van der Waals surface area contributed by atoms with Crippen LogP contribution < -0.4 is 15.4 Å². The number of methoxy groups -OCH3 is 1. The Morgan fingerprint density at radius 2 is 1.84 bits per heavy atom. The van der Waals surface area contributed by atoms with E-state index in [9.17, 15) is 0 Å². The zero-order valence-electron chi connectivity index (χ0n) is 18.8. The number of nitrogens with one attached hydrogen (secondary N) is 2. The van der Waals surface area contributed by atoms with Gasteiger partial charge in [-0.1, -0.05) is 42.5 Å². The number of aryl methyl sites for hydroxylation is 1. The minimum atomic E-state index is 0. The minimum absolute atomic E-state index is 0. The third-order valence-corrected chi connectivity index (χ3v) is 5.52. The number of aromatic nitrogens is 1. The number of rotatable bonds is 10. The summed E-state index contributed by atoms with van der Waals surface area (Å²) < 4.78 is 11.1. The summed E-state index contributed by atoms with van der Waals surface area (Å²) in [6.07, 6.45) is 0.860. The van der Waals surface area contributed by atoms with Crippen molar-refractivity contribution >= 4 is 41.3 Å². The summed E-state index contributed by atoms with van der Waals surface area (Å²) in [6.45, 7) is 4.62. The summed E-state index contributed by atoms with van der Waals surface area (Å²) in [4.78, 5) is 9.05. The van der Waals surface area contributed by atoms with Crippen molar-refractivity contribution in [1.82, 2.24) is 15.6 Å². The van der Waals surface area contributed by atoms with Gasteiger partial charge < -0.3 is 20.1 Å². The Morgan fingerprint density at radius 1 is 1.06 bits per heavy atom. The van der Waals surface area contributed by atoms with Gasteiger partial charge in [-0.25, -0.2) is 4.98 Å². The highest BCUT2D eigenvalue weighted by Gasteiger charge is 2.08. The molecule has 0 saturated carbocycles. The summed E-state index contributed by atoms with van der Waals surface area (Å²) >= 11 is 1.64. The van der Waals surface area contributed by atoms with Crippen LogP contribution >= 0.6 is 35.3 Å². The van der Waals surface area contributed by atoms with Gasteiger partial charge >= 0.3 is 0 Å². The maximum absolute atomic E-state index is 5.97. The Labute approximate surface area is 211 Å². The first kappa shape index (κ1) is 26.1. The molecule has 0 unspecified atom stereocenters. The van der Waals surface area contributed by atoms with Crippen LogP contribution in [0.2, 0.25) is 0 Å². The second-order valence-corrected chi connectivity index (χ2v) is 8.02. The van der Waals surface area contributed by atoms with E-state index in [4.69, 9.17) is 14.5 Å². The highest BCUT2D eigenvalue weighted by molar-refractivity contribution is 14.0. The molecular formula is C24H31IN4O2S. The summed E-state index contributed by atoms with van der Waals surface area (Å²) in [7, 11) is 3.47. The fraction of sp³-hybridized carbons (Fsp3) is 0.333. The van der Waals surface area contributed by atoms with Crippen molar-refractivity contribution in [2.24, 2.45) is 4.99 Å². The molecule has 0 amide bonds. The zero-order valence-corrected chi connectivity index (χ0v) is 21.9. The molecule has 8 heteroatoms. The lowest BCUT2D eigenvalue weighted by atomic mass is 10.1. The van der Waals surface area contributed by atoms with Gasteiger partial charge in [-0.15, -0.1) is 35.3 Å². The topological polar surface area (TPSA) is 67.8 Å². The molecule has 32 heavy (non-hydrogen) atoms. The van der Waals surface area contributed by atoms with Crippen molar-refractivity contribution in [3.63, 3.8) is 0 Å². The number of nitrogens with zero attached hydrogens (tertiary/aromatic N) is 2. The van der Waals surface area contributed by atoms with E-state index in [1.165, 1.54) is 5.56 Å². The molecule has 0 aliphatic carbocycles. The lowest BCUT2D eigenvalue weighted by Gasteiger charge is -2.15. The number of hydrogen-bond acceptors (Lipinski definition) is 5. The van der Waals surface area contributed by atoms with E-state index in [0.717, 1.165) is 40.0 Å². The molecule has 0 aliphatic heterocycles. The maximum atomic E-state index is 5.97. The summed E-state index contributed by atoms with van der Waals surface area (Å²) in [5.41, 5.74) is 4.39. The number of thiazole rings is 1. The number of hydrogen-bond donors (Lipinski definition) is 2. The fourth-order valence-corrected chi connectivity index (χ4v) is 3.76. The number of aliphatic imine (C=N–C) groups is 1. The van der Waals surface area contributed by atoms with E-state index < -0.39 is 0 Å². The molecule has 0 saturated heterocycles. The second kappa shape index (κ2) is 14.1. The van der Waals surface area contributed by atoms with Gasteiger partial charge in [-0.2, -0.15) is 0 Å². The number of benzene rings is 2. The predicted molar refractivity (Wildman–Crippen MR) is 143 cm³/mol. The number of guanidine groups is 1. The summed E-state index contributed by atoms with van der Waals surface area (Å²) in [5, 5.41) is 9.81. The molecular weight excluding hydrogens is 535 g/mol. The molecule has 3 aromatic rings. The van der Waals surface area contributed by atoms with Crippen LogP contribution in [0.3, 0.4) is 0 Å². The third kappa shape index (κ3) is 8.07. The Morgan fingerprint density at radius 3 is 2.59 bits per heavy atom.